The molecule has 1 aliphatic heterocycles. The molecule has 1 aliphatic rings. The minimum absolute atomic E-state index is 0.110. The molecule has 0 unspecified atom stereocenters. The Hall–Kier alpha value is -2.66. The number of carbonyl (C=O) groups excluding carboxylic acids is 1. The van der Waals surface area contributed by atoms with Crippen LogP contribution in [0.4, 0.5) is 0 Å². The Morgan fingerprint density at radius 1 is 1.12 bits per heavy atom. The van der Waals surface area contributed by atoms with E-state index in [1.807, 2.05) is 54.6 Å². The van der Waals surface area contributed by atoms with Crippen LogP contribution in [0, 0.1) is 0 Å². The van der Waals surface area contributed by atoms with Gasteiger partial charge in [-0.15, -0.1) is 18.3 Å². The van der Waals surface area contributed by atoms with Gasteiger partial charge in [0.1, 0.15) is 5.76 Å². The maximum atomic E-state index is 11.3. The van der Waals surface area contributed by atoms with Gasteiger partial charge in [0.15, 0.2) is 17.3 Å². The Kier molecular flexibility index (Phi) is 6.02. The first-order valence-corrected chi connectivity index (χ1v) is 9.38. The summed E-state index contributed by atoms with van der Waals surface area (Å²) in [6.07, 6.45) is 2.46. The van der Waals surface area contributed by atoms with E-state index in [1.54, 1.807) is 11.8 Å². The lowest BCUT2D eigenvalue weighted by Crippen LogP contribution is -2.28. The molecule has 1 heterocycles. The number of nitrogens with one attached hydrogen (secondary N) is 1. The first-order valence-electron chi connectivity index (χ1n) is 8.39. The van der Waals surface area contributed by atoms with Crippen LogP contribution in [0.2, 0.25) is 0 Å². The fraction of sp³-hybridized carbons (Fsp3) is 0.190. The molecule has 134 valence electrons. The van der Waals surface area contributed by atoms with E-state index in [0.717, 1.165) is 16.2 Å². The monoisotopic (exact) mass is 367 g/mol. The van der Waals surface area contributed by atoms with Gasteiger partial charge in [0.2, 0.25) is 5.91 Å². The van der Waals surface area contributed by atoms with E-state index in [1.165, 1.54) is 6.92 Å². The molecule has 0 saturated heterocycles. The number of thioether (sulfide) groups is 1. The summed E-state index contributed by atoms with van der Waals surface area (Å²) in [5.41, 5.74) is 1.12. The second kappa shape index (κ2) is 8.63. The van der Waals surface area contributed by atoms with Crippen LogP contribution >= 0.6 is 11.8 Å². The van der Waals surface area contributed by atoms with Crippen LogP contribution in [-0.4, -0.2) is 18.2 Å². The van der Waals surface area contributed by atoms with Gasteiger partial charge in [-0.2, -0.15) is 0 Å². The van der Waals surface area contributed by atoms with Gasteiger partial charge in [-0.3, -0.25) is 4.79 Å². The van der Waals surface area contributed by atoms with E-state index in [4.69, 9.17) is 9.47 Å². The number of carbonyl (C=O) groups is 1. The lowest BCUT2D eigenvalue weighted by atomic mass is 10.1. The maximum Gasteiger partial charge on any atom is 0.217 e. The fourth-order valence-electron chi connectivity index (χ4n) is 2.53. The molecule has 0 aliphatic carbocycles. The highest BCUT2D eigenvalue weighted by Crippen LogP contribution is 2.38. The normalized spacial score (nSPS) is 12.7. The average Bonchev–Trinajstić information content (AvgIpc) is 2.65. The summed E-state index contributed by atoms with van der Waals surface area (Å²) in [6.45, 7) is 5.52. The van der Waals surface area contributed by atoms with E-state index >= 15 is 0 Å². The van der Waals surface area contributed by atoms with Gasteiger partial charge in [-0.05, 0) is 23.8 Å². The largest absolute Gasteiger partial charge is 0.454 e. The number of fused-ring (bicyclic) bond motifs is 1. The van der Waals surface area contributed by atoms with E-state index in [0.29, 0.717) is 36.0 Å². The SMILES string of the molecule is C=CCSc1ccc2c(c1)OC(CNC(C)=O)=C(Cc1ccccc1)O2. The van der Waals surface area contributed by atoms with Crippen molar-refractivity contribution in [2.24, 2.45) is 0 Å². The molecule has 2 aromatic carbocycles. The number of hydrogen-bond acceptors (Lipinski definition) is 4. The predicted octanol–water partition coefficient (Wildman–Crippen LogP) is 4.33. The van der Waals surface area contributed by atoms with Crippen molar-refractivity contribution in [3.8, 4) is 11.5 Å². The van der Waals surface area contributed by atoms with E-state index in [2.05, 4.69) is 11.9 Å². The van der Waals surface area contributed by atoms with Crippen LogP contribution in [0.1, 0.15) is 12.5 Å². The van der Waals surface area contributed by atoms with Gasteiger partial charge in [0, 0.05) is 24.0 Å². The minimum Gasteiger partial charge on any atom is -0.454 e. The van der Waals surface area contributed by atoms with Gasteiger partial charge < -0.3 is 14.8 Å². The smallest absolute Gasteiger partial charge is 0.217 e. The number of benzene rings is 2. The maximum absolute atomic E-state index is 11.3. The molecule has 0 saturated carbocycles. The van der Waals surface area contributed by atoms with Crippen molar-refractivity contribution in [3.05, 3.63) is 78.3 Å². The molecule has 3 rings (SSSR count). The Morgan fingerprint density at radius 2 is 1.88 bits per heavy atom. The van der Waals surface area contributed by atoms with Gasteiger partial charge >= 0.3 is 0 Å². The van der Waals surface area contributed by atoms with Crippen molar-refractivity contribution in [2.45, 2.75) is 18.2 Å². The van der Waals surface area contributed by atoms with Crippen molar-refractivity contribution < 1.29 is 14.3 Å². The Morgan fingerprint density at radius 3 is 2.62 bits per heavy atom. The molecule has 1 amide bonds. The molecule has 0 fully saturated rings. The molecule has 1 N–H and O–H groups in total. The zero-order chi connectivity index (χ0) is 18.4. The lowest BCUT2D eigenvalue weighted by molar-refractivity contribution is -0.118. The Labute approximate surface area is 157 Å². The number of amides is 1. The molecule has 26 heavy (non-hydrogen) atoms. The summed E-state index contributed by atoms with van der Waals surface area (Å²) in [5.74, 6) is 3.40. The van der Waals surface area contributed by atoms with Crippen molar-refractivity contribution in [1.82, 2.24) is 5.32 Å². The van der Waals surface area contributed by atoms with Crippen molar-refractivity contribution in [2.75, 3.05) is 12.3 Å². The standard InChI is InChI=1S/C21H21NO3S/c1-3-11-26-17-9-10-18-20(13-17)25-21(14-22-15(2)23)19(24-18)12-16-7-5-4-6-8-16/h3-10,13H,1,11-12,14H2,2H3,(H,22,23). The third kappa shape index (κ3) is 4.70. The third-order valence-corrected chi connectivity index (χ3v) is 4.76. The van der Waals surface area contributed by atoms with Crippen molar-refractivity contribution >= 4 is 17.7 Å². The summed E-state index contributed by atoms with van der Waals surface area (Å²) in [6, 6.07) is 15.9. The van der Waals surface area contributed by atoms with Gasteiger partial charge in [0.25, 0.3) is 0 Å². The average molecular weight is 367 g/mol. The Balaban J connectivity index is 1.85. The zero-order valence-corrected chi connectivity index (χ0v) is 15.5. The second-order valence-corrected chi connectivity index (χ2v) is 6.92. The van der Waals surface area contributed by atoms with Crippen molar-refractivity contribution in [3.63, 3.8) is 0 Å². The van der Waals surface area contributed by atoms with Crippen LogP contribution in [0.15, 0.2) is 77.6 Å². The molecule has 2 aromatic rings. The molecule has 0 bridgehead atoms. The number of rotatable bonds is 7. The van der Waals surface area contributed by atoms with Gasteiger partial charge in [-0.1, -0.05) is 36.4 Å². The van der Waals surface area contributed by atoms with E-state index in [9.17, 15) is 4.79 Å². The molecule has 0 aromatic heterocycles. The highest BCUT2D eigenvalue weighted by Gasteiger charge is 2.22. The minimum atomic E-state index is -0.110. The van der Waals surface area contributed by atoms with Crippen LogP contribution in [0.25, 0.3) is 0 Å². The topological polar surface area (TPSA) is 47.6 Å². The number of ether oxygens (including phenoxy) is 2. The van der Waals surface area contributed by atoms with Crippen LogP contribution < -0.4 is 14.8 Å². The fourth-order valence-corrected chi connectivity index (χ4v) is 3.20. The van der Waals surface area contributed by atoms with Gasteiger partial charge in [0.05, 0.1) is 6.54 Å². The Bertz CT molecular complexity index is 830. The van der Waals surface area contributed by atoms with Gasteiger partial charge in [-0.25, -0.2) is 0 Å². The quantitative estimate of drug-likeness (QED) is 0.585. The van der Waals surface area contributed by atoms with E-state index < -0.39 is 0 Å². The molecule has 5 heteroatoms. The summed E-state index contributed by atoms with van der Waals surface area (Å²) in [7, 11) is 0. The lowest BCUT2D eigenvalue weighted by Gasteiger charge is -2.24. The molecule has 4 nitrogen and oxygen atoms in total. The summed E-state index contributed by atoms with van der Waals surface area (Å²) in [4.78, 5) is 12.4. The summed E-state index contributed by atoms with van der Waals surface area (Å²) >= 11 is 1.68. The zero-order valence-electron chi connectivity index (χ0n) is 14.7. The molecule has 0 atom stereocenters. The first kappa shape index (κ1) is 18.1. The second-order valence-electron chi connectivity index (χ2n) is 5.83. The highest BCUT2D eigenvalue weighted by atomic mass is 32.2. The third-order valence-electron chi connectivity index (χ3n) is 3.77. The van der Waals surface area contributed by atoms with Crippen molar-refractivity contribution in [1.29, 1.82) is 0 Å². The summed E-state index contributed by atoms with van der Waals surface area (Å²) in [5, 5.41) is 2.79. The molecular weight excluding hydrogens is 346 g/mol. The van der Waals surface area contributed by atoms with Crippen LogP contribution in [-0.2, 0) is 11.2 Å². The van der Waals surface area contributed by atoms with Crippen LogP contribution in [0.3, 0.4) is 0 Å². The predicted molar refractivity (Wildman–Crippen MR) is 104 cm³/mol. The number of hydrogen-bond donors (Lipinski definition) is 1. The first-order chi connectivity index (χ1) is 12.7. The van der Waals surface area contributed by atoms with E-state index in [-0.39, 0.29) is 5.91 Å². The molecule has 0 spiro atoms. The number of allylic oxidation sites excluding steroid dienone is 1. The molecule has 0 radical (unpaired) electrons. The highest BCUT2D eigenvalue weighted by molar-refractivity contribution is 7.99. The summed E-state index contributed by atoms with van der Waals surface area (Å²) < 4.78 is 12.2. The van der Waals surface area contributed by atoms with Crippen LogP contribution in [0.5, 0.6) is 11.5 Å². The molecular formula is C21H21NO3S.